The Hall–Kier alpha value is -4.41. The fraction of sp³-hybridized carbons (Fsp3) is 0.261. The minimum atomic E-state index is -0.700. The average molecular weight is 465 g/mol. The van der Waals surface area contributed by atoms with Crippen molar-refractivity contribution in [2.75, 3.05) is 37.0 Å². The number of pyridine rings is 1. The lowest BCUT2D eigenvalue weighted by molar-refractivity contribution is -0.600. The molecule has 0 amide bonds. The maximum atomic E-state index is 11.7. The van der Waals surface area contributed by atoms with Gasteiger partial charge in [0, 0.05) is 50.7 Å². The van der Waals surface area contributed by atoms with Crippen LogP contribution in [0.1, 0.15) is 13.8 Å². The number of hydrogen-bond donors (Lipinski definition) is 0. The van der Waals surface area contributed by atoms with Crippen LogP contribution in [-0.2, 0) is 0 Å². The molecule has 0 atom stereocenters. The highest BCUT2D eigenvalue weighted by molar-refractivity contribution is 5.68. The van der Waals surface area contributed by atoms with E-state index in [1.807, 2.05) is 31.1 Å². The van der Waals surface area contributed by atoms with Crippen molar-refractivity contribution < 1.29 is 14.4 Å². The molecule has 0 fully saturated rings. The zero-order valence-electron chi connectivity index (χ0n) is 19.5. The number of aromatic nitrogens is 1. The van der Waals surface area contributed by atoms with E-state index in [-0.39, 0.29) is 11.4 Å². The van der Waals surface area contributed by atoms with E-state index < -0.39 is 21.2 Å². The van der Waals surface area contributed by atoms with Crippen LogP contribution >= 0.6 is 0 Å². The molecule has 0 bridgehead atoms. The Morgan fingerprint density at radius 2 is 1.41 bits per heavy atom. The highest BCUT2D eigenvalue weighted by atomic mass is 16.6. The van der Waals surface area contributed by atoms with Gasteiger partial charge in [-0.15, -0.1) is 5.11 Å². The second kappa shape index (κ2) is 10.5. The molecule has 2 aromatic carbocycles. The van der Waals surface area contributed by atoms with E-state index in [1.54, 1.807) is 36.7 Å². The van der Waals surface area contributed by atoms with Crippen LogP contribution in [0.25, 0.3) is 5.69 Å². The molecule has 0 spiro atoms. The van der Waals surface area contributed by atoms with Crippen molar-refractivity contribution in [3.63, 3.8) is 0 Å². The van der Waals surface area contributed by atoms with E-state index in [1.165, 1.54) is 10.6 Å². The summed E-state index contributed by atoms with van der Waals surface area (Å²) in [4.78, 5) is 26.0. The van der Waals surface area contributed by atoms with Gasteiger partial charge in [0.1, 0.15) is 6.07 Å². The number of nitro benzene ring substituents is 2. The quantitative estimate of drug-likeness (QED) is 0.188. The second-order valence-corrected chi connectivity index (χ2v) is 7.59. The first kappa shape index (κ1) is 24.2. The molecular formula is C23H26N7O4+. The zero-order chi connectivity index (χ0) is 24.8. The highest BCUT2D eigenvalue weighted by Gasteiger charge is 2.30. The van der Waals surface area contributed by atoms with Crippen molar-refractivity contribution in [3.8, 4) is 5.69 Å². The van der Waals surface area contributed by atoms with E-state index in [2.05, 4.69) is 29.0 Å². The van der Waals surface area contributed by atoms with Crippen LogP contribution in [0, 0.1) is 20.2 Å². The molecule has 0 aliphatic carbocycles. The molecule has 3 rings (SSSR count). The third-order valence-corrected chi connectivity index (χ3v) is 5.32. The minimum absolute atomic E-state index is 0.0809. The summed E-state index contributed by atoms with van der Waals surface area (Å²) < 4.78 is 1.52. The summed E-state index contributed by atoms with van der Waals surface area (Å²) >= 11 is 0. The van der Waals surface area contributed by atoms with Crippen molar-refractivity contribution in [1.29, 1.82) is 0 Å². The van der Waals surface area contributed by atoms with Crippen LogP contribution < -0.4 is 14.4 Å². The summed E-state index contributed by atoms with van der Waals surface area (Å²) in [6, 6.07) is 13.1. The zero-order valence-corrected chi connectivity index (χ0v) is 19.5. The normalized spacial score (nSPS) is 10.9. The summed E-state index contributed by atoms with van der Waals surface area (Å²) in [6.45, 7) is 5.85. The van der Waals surface area contributed by atoms with Crippen molar-refractivity contribution in [2.45, 2.75) is 13.8 Å². The van der Waals surface area contributed by atoms with Crippen LogP contribution in [0.2, 0.25) is 0 Å². The van der Waals surface area contributed by atoms with Crippen LogP contribution in [0.3, 0.4) is 0 Å². The molecule has 0 aliphatic heterocycles. The predicted octanol–water partition coefficient (Wildman–Crippen LogP) is 5.11. The predicted molar refractivity (Wildman–Crippen MR) is 130 cm³/mol. The lowest BCUT2D eigenvalue weighted by Gasteiger charge is -2.20. The molecule has 176 valence electrons. The van der Waals surface area contributed by atoms with E-state index in [4.69, 9.17) is 0 Å². The molecule has 1 heterocycles. The molecule has 0 saturated heterocycles. The molecule has 11 heteroatoms. The van der Waals surface area contributed by atoms with E-state index in [0.717, 1.165) is 30.5 Å². The number of nitro groups is 2. The molecular weight excluding hydrogens is 438 g/mol. The van der Waals surface area contributed by atoms with Crippen LogP contribution in [0.15, 0.2) is 71.2 Å². The van der Waals surface area contributed by atoms with Crippen molar-refractivity contribution in [1.82, 2.24) is 0 Å². The molecule has 11 nitrogen and oxygen atoms in total. The van der Waals surface area contributed by atoms with Gasteiger partial charge in [0.15, 0.2) is 18.1 Å². The van der Waals surface area contributed by atoms with Crippen LogP contribution in [0.4, 0.5) is 34.1 Å². The maximum Gasteiger partial charge on any atom is 0.347 e. The molecule has 0 aliphatic rings. The number of benzene rings is 2. The summed E-state index contributed by atoms with van der Waals surface area (Å²) in [5.74, 6) is 0. The Labute approximate surface area is 196 Å². The lowest BCUT2D eigenvalue weighted by Crippen LogP contribution is -2.30. The molecule has 1 aromatic heterocycles. The Morgan fingerprint density at radius 1 is 0.824 bits per heavy atom. The SMILES string of the molecule is CCN(CC)c1ccc(N=Nc2cc(-[n+]3ccc(N(C)C)cc3)c([N+](=O)[O-])cc2[N+](=O)[O-])cc1. The average Bonchev–Trinajstić information content (AvgIpc) is 2.83. The van der Waals surface area contributed by atoms with Gasteiger partial charge in [-0.25, -0.2) is 0 Å². The fourth-order valence-electron chi connectivity index (χ4n) is 3.44. The first-order valence-electron chi connectivity index (χ1n) is 10.7. The number of nitrogens with zero attached hydrogens (tertiary/aromatic N) is 7. The minimum Gasteiger partial charge on any atom is -0.377 e. The Balaban J connectivity index is 2.04. The monoisotopic (exact) mass is 464 g/mol. The smallest absolute Gasteiger partial charge is 0.347 e. The molecule has 0 radical (unpaired) electrons. The van der Waals surface area contributed by atoms with Gasteiger partial charge in [-0.3, -0.25) is 20.2 Å². The van der Waals surface area contributed by atoms with Gasteiger partial charge in [0.05, 0.1) is 21.6 Å². The van der Waals surface area contributed by atoms with Crippen LogP contribution in [-0.4, -0.2) is 37.0 Å². The van der Waals surface area contributed by atoms with Gasteiger partial charge < -0.3 is 9.80 Å². The number of azo groups is 1. The number of hydrogen-bond acceptors (Lipinski definition) is 8. The summed E-state index contributed by atoms with van der Waals surface area (Å²) in [5.41, 5.74) is 1.60. The Morgan fingerprint density at radius 3 is 1.91 bits per heavy atom. The lowest BCUT2D eigenvalue weighted by atomic mass is 10.2. The first-order chi connectivity index (χ1) is 16.2. The fourth-order valence-corrected chi connectivity index (χ4v) is 3.44. The van der Waals surface area contributed by atoms with Gasteiger partial charge in [-0.2, -0.15) is 9.68 Å². The topological polar surface area (TPSA) is 121 Å². The molecule has 34 heavy (non-hydrogen) atoms. The largest absolute Gasteiger partial charge is 0.377 e. The highest BCUT2D eigenvalue weighted by Crippen LogP contribution is 2.36. The molecule has 0 saturated carbocycles. The second-order valence-electron chi connectivity index (χ2n) is 7.59. The third kappa shape index (κ3) is 5.31. The van der Waals surface area contributed by atoms with Gasteiger partial charge >= 0.3 is 11.4 Å². The molecule has 3 aromatic rings. The van der Waals surface area contributed by atoms with Gasteiger partial charge in [0.2, 0.25) is 0 Å². The molecule has 0 N–H and O–H groups in total. The van der Waals surface area contributed by atoms with Gasteiger partial charge in [0.25, 0.3) is 5.69 Å². The van der Waals surface area contributed by atoms with Crippen molar-refractivity contribution in [3.05, 3.63) is 81.2 Å². The van der Waals surface area contributed by atoms with E-state index in [9.17, 15) is 20.2 Å². The van der Waals surface area contributed by atoms with Gasteiger partial charge in [-0.05, 0) is 38.1 Å². The summed E-state index contributed by atoms with van der Waals surface area (Å²) in [6.07, 6.45) is 3.30. The summed E-state index contributed by atoms with van der Waals surface area (Å²) in [5, 5.41) is 31.5. The maximum absolute atomic E-state index is 11.7. The van der Waals surface area contributed by atoms with Crippen molar-refractivity contribution in [2.24, 2.45) is 10.2 Å². The first-order valence-corrected chi connectivity index (χ1v) is 10.7. The van der Waals surface area contributed by atoms with Gasteiger partial charge in [-0.1, -0.05) is 0 Å². The van der Waals surface area contributed by atoms with Crippen molar-refractivity contribution >= 4 is 34.1 Å². The standard InChI is InChI=1S/C23H26N7O4/c1-5-27(6-2)19-9-7-17(8-10-19)24-25-20-15-22(23(30(33)34)16-21(20)29(31)32)28-13-11-18(12-14-28)26(3)4/h7-16H,5-6H2,1-4H3/q+1. The third-order valence-electron chi connectivity index (χ3n) is 5.32. The molecule has 0 unspecified atom stereocenters. The summed E-state index contributed by atoms with van der Waals surface area (Å²) in [7, 11) is 3.75. The Kier molecular flexibility index (Phi) is 7.46. The van der Waals surface area contributed by atoms with E-state index in [0.29, 0.717) is 5.69 Å². The van der Waals surface area contributed by atoms with E-state index >= 15 is 0 Å². The number of rotatable bonds is 9. The number of anilines is 2. The Bertz CT molecular complexity index is 1210. The van der Waals surface area contributed by atoms with Crippen LogP contribution in [0.5, 0.6) is 0 Å².